The molecule has 5 heteroatoms. The Morgan fingerprint density at radius 1 is 1.22 bits per heavy atom. The fourth-order valence-electron chi connectivity index (χ4n) is 2.13. The van der Waals surface area contributed by atoms with Crippen molar-refractivity contribution in [2.45, 2.75) is 19.0 Å². The SMILES string of the molecule is O=C(c1ccc(C(F)(F)F)cc1)[C@@H]1CCCNC1. The molecule has 0 aromatic heterocycles. The van der Waals surface area contributed by atoms with Crippen LogP contribution in [0.15, 0.2) is 24.3 Å². The third kappa shape index (κ3) is 2.90. The van der Waals surface area contributed by atoms with E-state index in [0.29, 0.717) is 12.1 Å². The Labute approximate surface area is 103 Å². The highest BCUT2D eigenvalue weighted by molar-refractivity contribution is 5.98. The van der Waals surface area contributed by atoms with Crippen molar-refractivity contribution in [1.82, 2.24) is 5.32 Å². The van der Waals surface area contributed by atoms with E-state index < -0.39 is 11.7 Å². The van der Waals surface area contributed by atoms with Crippen LogP contribution >= 0.6 is 0 Å². The number of carbonyl (C=O) groups is 1. The summed E-state index contributed by atoms with van der Waals surface area (Å²) in [5.41, 5.74) is -0.363. The smallest absolute Gasteiger partial charge is 0.316 e. The molecule has 0 radical (unpaired) electrons. The molecule has 0 spiro atoms. The van der Waals surface area contributed by atoms with Gasteiger partial charge in [-0.3, -0.25) is 4.79 Å². The number of hydrogen-bond donors (Lipinski definition) is 1. The molecule has 1 N–H and O–H groups in total. The van der Waals surface area contributed by atoms with Gasteiger partial charge in [0.25, 0.3) is 0 Å². The number of rotatable bonds is 2. The van der Waals surface area contributed by atoms with Gasteiger partial charge in [0.1, 0.15) is 0 Å². The maximum absolute atomic E-state index is 12.4. The first-order valence-corrected chi connectivity index (χ1v) is 5.90. The number of nitrogens with one attached hydrogen (secondary N) is 1. The predicted molar refractivity (Wildman–Crippen MR) is 61.4 cm³/mol. The Morgan fingerprint density at radius 2 is 1.89 bits per heavy atom. The average molecular weight is 257 g/mol. The largest absolute Gasteiger partial charge is 0.416 e. The Balaban J connectivity index is 2.11. The monoisotopic (exact) mass is 257 g/mol. The molecule has 1 aliphatic heterocycles. The van der Waals surface area contributed by atoms with Crippen LogP contribution in [-0.4, -0.2) is 18.9 Å². The van der Waals surface area contributed by atoms with Crippen LogP contribution in [0, 0.1) is 5.92 Å². The Kier molecular flexibility index (Phi) is 3.71. The van der Waals surface area contributed by atoms with E-state index in [2.05, 4.69) is 5.32 Å². The highest BCUT2D eigenvalue weighted by Gasteiger charge is 2.30. The van der Waals surface area contributed by atoms with Crippen molar-refractivity contribution in [2.24, 2.45) is 5.92 Å². The number of piperidine rings is 1. The fraction of sp³-hybridized carbons (Fsp3) is 0.462. The van der Waals surface area contributed by atoms with Crippen LogP contribution in [0.5, 0.6) is 0 Å². The standard InChI is InChI=1S/C13H14F3NO/c14-13(15,16)11-5-3-9(4-6-11)12(18)10-2-1-7-17-8-10/h3-6,10,17H,1-2,7-8H2/t10-/m1/s1. The minimum atomic E-state index is -4.35. The number of halogens is 3. The minimum absolute atomic E-state index is 0.0732. The molecule has 98 valence electrons. The molecule has 2 nitrogen and oxygen atoms in total. The van der Waals surface area contributed by atoms with Gasteiger partial charge in [-0.2, -0.15) is 13.2 Å². The van der Waals surface area contributed by atoms with Gasteiger partial charge in [-0.25, -0.2) is 0 Å². The van der Waals surface area contributed by atoms with E-state index in [1.807, 2.05) is 0 Å². The molecular formula is C13H14F3NO. The molecule has 0 amide bonds. The van der Waals surface area contributed by atoms with Crippen molar-refractivity contribution in [1.29, 1.82) is 0 Å². The third-order valence-electron chi connectivity index (χ3n) is 3.16. The van der Waals surface area contributed by atoms with Crippen LogP contribution in [0.1, 0.15) is 28.8 Å². The second kappa shape index (κ2) is 5.10. The zero-order valence-electron chi connectivity index (χ0n) is 9.76. The molecule has 0 unspecified atom stereocenters. The first-order valence-electron chi connectivity index (χ1n) is 5.90. The summed E-state index contributed by atoms with van der Waals surface area (Å²) in [6.45, 7) is 1.51. The molecule has 1 aliphatic rings. The van der Waals surface area contributed by atoms with Gasteiger partial charge in [-0.1, -0.05) is 12.1 Å². The number of Topliss-reactive ketones (excluding diaryl/α,β-unsaturated/α-hetero) is 1. The Bertz CT molecular complexity index is 419. The highest BCUT2D eigenvalue weighted by atomic mass is 19.4. The number of benzene rings is 1. The van der Waals surface area contributed by atoms with E-state index in [0.717, 1.165) is 31.5 Å². The van der Waals surface area contributed by atoms with Gasteiger partial charge >= 0.3 is 6.18 Å². The average Bonchev–Trinajstić information content (AvgIpc) is 2.38. The third-order valence-corrected chi connectivity index (χ3v) is 3.16. The molecular weight excluding hydrogens is 243 g/mol. The van der Waals surface area contributed by atoms with Crippen molar-refractivity contribution in [2.75, 3.05) is 13.1 Å². The molecule has 0 saturated carbocycles. The maximum Gasteiger partial charge on any atom is 0.416 e. The van der Waals surface area contributed by atoms with Crippen molar-refractivity contribution in [3.8, 4) is 0 Å². The van der Waals surface area contributed by atoms with Crippen molar-refractivity contribution in [3.63, 3.8) is 0 Å². The van der Waals surface area contributed by atoms with Gasteiger partial charge in [0.05, 0.1) is 5.56 Å². The molecule has 0 bridgehead atoms. The summed E-state index contributed by atoms with van der Waals surface area (Å²) in [4.78, 5) is 12.0. The summed E-state index contributed by atoms with van der Waals surface area (Å²) in [6.07, 6.45) is -2.63. The Morgan fingerprint density at radius 3 is 2.39 bits per heavy atom. The van der Waals surface area contributed by atoms with Gasteiger partial charge < -0.3 is 5.32 Å². The molecule has 1 heterocycles. The normalized spacial score (nSPS) is 20.7. The number of carbonyl (C=O) groups excluding carboxylic acids is 1. The predicted octanol–water partition coefficient (Wildman–Crippen LogP) is 2.89. The second-order valence-electron chi connectivity index (χ2n) is 4.48. The molecule has 1 aromatic carbocycles. The topological polar surface area (TPSA) is 29.1 Å². The van der Waals surface area contributed by atoms with Crippen molar-refractivity contribution in [3.05, 3.63) is 35.4 Å². The fourth-order valence-corrected chi connectivity index (χ4v) is 2.13. The lowest BCUT2D eigenvalue weighted by Gasteiger charge is -2.21. The van der Waals surface area contributed by atoms with Crippen molar-refractivity contribution < 1.29 is 18.0 Å². The lowest BCUT2D eigenvalue weighted by atomic mass is 9.91. The van der Waals surface area contributed by atoms with E-state index in [9.17, 15) is 18.0 Å². The molecule has 1 saturated heterocycles. The zero-order chi connectivity index (χ0) is 13.2. The molecule has 1 fully saturated rings. The second-order valence-corrected chi connectivity index (χ2v) is 4.48. The van der Waals surface area contributed by atoms with Crippen LogP contribution in [0.4, 0.5) is 13.2 Å². The van der Waals surface area contributed by atoms with E-state index in [4.69, 9.17) is 0 Å². The van der Waals surface area contributed by atoms with E-state index >= 15 is 0 Å². The van der Waals surface area contributed by atoms with Crippen LogP contribution < -0.4 is 5.32 Å². The number of hydrogen-bond acceptors (Lipinski definition) is 2. The summed E-state index contributed by atoms with van der Waals surface area (Å²) in [6, 6.07) is 4.45. The van der Waals surface area contributed by atoms with Crippen LogP contribution in [-0.2, 0) is 6.18 Å². The molecule has 1 aromatic rings. The Hall–Kier alpha value is -1.36. The van der Waals surface area contributed by atoms with Gasteiger partial charge in [-0.05, 0) is 31.5 Å². The molecule has 1 atom stereocenters. The summed E-state index contributed by atoms with van der Waals surface area (Å²) in [7, 11) is 0. The summed E-state index contributed by atoms with van der Waals surface area (Å²) >= 11 is 0. The van der Waals surface area contributed by atoms with Crippen molar-refractivity contribution >= 4 is 5.78 Å². The lowest BCUT2D eigenvalue weighted by Crippen LogP contribution is -2.34. The first-order chi connectivity index (χ1) is 8.48. The number of ketones is 1. The lowest BCUT2D eigenvalue weighted by molar-refractivity contribution is -0.137. The zero-order valence-corrected chi connectivity index (χ0v) is 9.76. The molecule has 2 rings (SSSR count). The molecule has 0 aliphatic carbocycles. The first kappa shape index (κ1) is 13.1. The van der Waals surface area contributed by atoms with Gasteiger partial charge in [0.15, 0.2) is 5.78 Å². The van der Waals surface area contributed by atoms with E-state index in [-0.39, 0.29) is 11.7 Å². The van der Waals surface area contributed by atoms with E-state index in [1.165, 1.54) is 12.1 Å². The van der Waals surface area contributed by atoms with Crippen LogP contribution in [0.2, 0.25) is 0 Å². The summed E-state index contributed by atoms with van der Waals surface area (Å²) in [5, 5.41) is 3.12. The van der Waals surface area contributed by atoms with Gasteiger partial charge in [0, 0.05) is 18.0 Å². The molecule has 18 heavy (non-hydrogen) atoms. The highest BCUT2D eigenvalue weighted by Crippen LogP contribution is 2.29. The van der Waals surface area contributed by atoms with E-state index in [1.54, 1.807) is 0 Å². The van der Waals surface area contributed by atoms with Gasteiger partial charge in [0.2, 0.25) is 0 Å². The minimum Gasteiger partial charge on any atom is -0.316 e. The van der Waals surface area contributed by atoms with Gasteiger partial charge in [-0.15, -0.1) is 0 Å². The summed E-state index contributed by atoms with van der Waals surface area (Å²) in [5.74, 6) is -0.189. The van der Waals surface area contributed by atoms with Crippen LogP contribution in [0.3, 0.4) is 0 Å². The summed E-state index contributed by atoms with van der Waals surface area (Å²) < 4.78 is 37.1. The van der Waals surface area contributed by atoms with Crippen LogP contribution in [0.25, 0.3) is 0 Å². The quantitative estimate of drug-likeness (QED) is 0.825. The number of alkyl halides is 3. The maximum atomic E-state index is 12.4.